The standard InChI is InChI=1S/C12H15BrO6/c13-6-1-3-7(4-2-6)18-12-11(17)10(16)9(15)8(5-14)19-12/h1-4,8-12,14-17H,5H2. The van der Waals surface area contributed by atoms with Crippen molar-refractivity contribution < 1.29 is 29.9 Å². The molecule has 1 heterocycles. The van der Waals surface area contributed by atoms with Crippen molar-refractivity contribution in [2.75, 3.05) is 6.61 Å². The predicted molar refractivity (Wildman–Crippen MR) is 68.5 cm³/mol. The summed E-state index contributed by atoms with van der Waals surface area (Å²) < 4.78 is 11.5. The molecule has 19 heavy (non-hydrogen) atoms. The fourth-order valence-corrected chi connectivity index (χ4v) is 2.08. The van der Waals surface area contributed by atoms with Crippen molar-refractivity contribution >= 4 is 15.9 Å². The average Bonchev–Trinajstić information content (AvgIpc) is 2.42. The second-order valence-electron chi connectivity index (χ2n) is 4.27. The second-order valence-corrected chi connectivity index (χ2v) is 5.18. The van der Waals surface area contributed by atoms with Gasteiger partial charge in [0.15, 0.2) is 0 Å². The van der Waals surface area contributed by atoms with Gasteiger partial charge in [-0.1, -0.05) is 15.9 Å². The summed E-state index contributed by atoms with van der Waals surface area (Å²) in [6, 6.07) is 6.82. The Hall–Kier alpha value is -0.700. The zero-order valence-corrected chi connectivity index (χ0v) is 11.5. The smallest absolute Gasteiger partial charge is 0.229 e. The molecule has 0 radical (unpaired) electrons. The fourth-order valence-electron chi connectivity index (χ4n) is 1.81. The van der Waals surface area contributed by atoms with Crippen LogP contribution < -0.4 is 4.74 Å². The minimum atomic E-state index is -1.44. The molecule has 5 atom stereocenters. The zero-order valence-electron chi connectivity index (χ0n) is 9.89. The Balaban J connectivity index is 2.08. The molecule has 6 nitrogen and oxygen atoms in total. The van der Waals surface area contributed by atoms with Crippen LogP contribution in [0.1, 0.15) is 0 Å². The van der Waals surface area contributed by atoms with E-state index in [2.05, 4.69) is 15.9 Å². The van der Waals surface area contributed by atoms with Gasteiger partial charge in [0.1, 0.15) is 30.2 Å². The molecule has 5 unspecified atom stereocenters. The van der Waals surface area contributed by atoms with Gasteiger partial charge >= 0.3 is 0 Å². The maximum Gasteiger partial charge on any atom is 0.229 e. The SMILES string of the molecule is OCC1OC(Oc2ccc(Br)cc2)C(O)C(O)C1O. The van der Waals surface area contributed by atoms with Crippen LogP contribution in [0.2, 0.25) is 0 Å². The molecule has 0 aliphatic carbocycles. The van der Waals surface area contributed by atoms with Crippen molar-refractivity contribution in [2.24, 2.45) is 0 Å². The molecule has 0 amide bonds. The summed E-state index contributed by atoms with van der Waals surface area (Å²) in [4.78, 5) is 0. The summed E-state index contributed by atoms with van der Waals surface area (Å²) in [7, 11) is 0. The number of halogens is 1. The molecule has 1 aliphatic rings. The number of hydrogen-bond donors (Lipinski definition) is 4. The highest BCUT2D eigenvalue weighted by molar-refractivity contribution is 9.10. The third-order valence-corrected chi connectivity index (χ3v) is 3.44. The van der Waals surface area contributed by atoms with Gasteiger partial charge in [-0.25, -0.2) is 0 Å². The Labute approximate surface area is 118 Å². The minimum absolute atomic E-state index is 0.438. The molecule has 0 bridgehead atoms. The molecule has 2 rings (SSSR count). The lowest BCUT2D eigenvalue weighted by atomic mass is 9.99. The van der Waals surface area contributed by atoms with E-state index in [1.54, 1.807) is 24.3 Å². The van der Waals surface area contributed by atoms with Crippen LogP contribution in [0.4, 0.5) is 0 Å². The molecule has 1 aliphatic heterocycles. The normalized spacial score (nSPS) is 35.1. The number of rotatable bonds is 3. The van der Waals surface area contributed by atoms with Crippen LogP contribution in [0.15, 0.2) is 28.7 Å². The van der Waals surface area contributed by atoms with Crippen LogP contribution in [0.5, 0.6) is 5.75 Å². The molecule has 106 valence electrons. The van der Waals surface area contributed by atoms with E-state index in [0.717, 1.165) is 4.47 Å². The third kappa shape index (κ3) is 3.25. The van der Waals surface area contributed by atoms with E-state index in [4.69, 9.17) is 14.6 Å². The van der Waals surface area contributed by atoms with E-state index in [1.165, 1.54) is 0 Å². The molecule has 0 aromatic heterocycles. The van der Waals surface area contributed by atoms with Crippen LogP contribution in [0, 0.1) is 0 Å². The Morgan fingerprint density at radius 2 is 1.68 bits per heavy atom. The van der Waals surface area contributed by atoms with Crippen LogP contribution in [-0.2, 0) is 4.74 Å². The summed E-state index contributed by atoms with van der Waals surface area (Å²) in [5, 5.41) is 38.1. The monoisotopic (exact) mass is 334 g/mol. The molecule has 1 aromatic carbocycles. The van der Waals surface area contributed by atoms with E-state index in [1.807, 2.05) is 0 Å². The Morgan fingerprint density at radius 3 is 2.26 bits per heavy atom. The van der Waals surface area contributed by atoms with Gasteiger partial charge < -0.3 is 29.9 Å². The predicted octanol–water partition coefficient (Wildman–Crippen LogP) is -0.372. The number of aliphatic hydroxyl groups excluding tert-OH is 4. The maximum atomic E-state index is 9.79. The summed E-state index contributed by atoms with van der Waals surface area (Å²) in [6.07, 6.45) is -6.35. The largest absolute Gasteiger partial charge is 0.462 e. The molecule has 1 saturated heterocycles. The topological polar surface area (TPSA) is 99.4 Å². The first-order valence-electron chi connectivity index (χ1n) is 5.75. The Kier molecular flexibility index (Phi) is 4.77. The summed E-state index contributed by atoms with van der Waals surface area (Å²) in [5.74, 6) is 0.438. The van der Waals surface area contributed by atoms with E-state index in [0.29, 0.717) is 5.75 Å². The lowest BCUT2D eigenvalue weighted by Crippen LogP contribution is -2.60. The molecular formula is C12H15BrO6. The number of benzene rings is 1. The quantitative estimate of drug-likeness (QED) is 0.602. The summed E-state index contributed by atoms with van der Waals surface area (Å²) >= 11 is 3.28. The molecule has 7 heteroatoms. The lowest BCUT2D eigenvalue weighted by molar-refractivity contribution is -0.277. The van der Waals surface area contributed by atoms with Crippen LogP contribution in [0.25, 0.3) is 0 Å². The first kappa shape index (κ1) is 14.7. The van der Waals surface area contributed by atoms with Gasteiger partial charge in [-0.3, -0.25) is 0 Å². The van der Waals surface area contributed by atoms with E-state index in [9.17, 15) is 15.3 Å². The van der Waals surface area contributed by atoms with Gasteiger partial charge in [-0.15, -0.1) is 0 Å². The summed E-state index contributed by atoms with van der Waals surface area (Å²) in [5.41, 5.74) is 0. The van der Waals surface area contributed by atoms with Gasteiger partial charge in [0.2, 0.25) is 6.29 Å². The van der Waals surface area contributed by atoms with E-state index >= 15 is 0 Å². The van der Waals surface area contributed by atoms with Crippen molar-refractivity contribution in [3.8, 4) is 5.75 Å². The number of aliphatic hydroxyl groups is 4. The van der Waals surface area contributed by atoms with E-state index < -0.39 is 37.3 Å². The van der Waals surface area contributed by atoms with Gasteiger partial charge in [0.25, 0.3) is 0 Å². The first-order chi connectivity index (χ1) is 9.02. The van der Waals surface area contributed by atoms with Crippen molar-refractivity contribution in [3.05, 3.63) is 28.7 Å². The van der Waals surface area contributed by atoms with Crippen LogP contribution >= 0.6 is 15.9 Å². The van der Waals surface area contributed by atoms with Crippen LogP contribution in [-0.4, -0.2) is 57.7 Å². The fraction of sp³-hybridized carbons (Fsp3) is 0.500. The van der Waals surface area contributed by atoms with Gasteiger partial charge in [0.05, 0.1) is 6.61 Å². The molecule has 0 saturated carbocycles. The van der Waals surface area contributed by atoms with E-state index in [-0.39, 0.29) is 0 Å². The van der Waals surface area contributed by atoms with Crippen molar-refractivity contribution in [2.45, 2.75) is 30.7 Å². The van der Waals surface area contributed by atoms with Crippen molar-refractivity contribution in [1.29, 1.82) is 0 Å². The van der Waals surface area contributed by atoms with Crippen molar-refractivity contribution in [1.82, 2.24) is 0 Å². The molecule has 4 N–H and O–H groups in total. The molecule has 0 spiro atoms. The first-order valence-corrected chi connectivity index (χ1v) is 6.55. The summed E-state index contributed by atoms with van der Waals surface area (Å²) in [6.45, 7) is -0.481. The Morgan fingerprint density at radius 1 is 1.05 bits per heavy atom. The third-order valence-electron chi connectivity index (χ3n) is 2.91. The highest BCUT2D eigenvalue weighted by Gasteiger charge is 2.44. The van der Waals surface area contributed by atoms with Crippen molar-refractivity contribution in [3.63, 3.8) is 0 Å². The van der Waals surface area contributed by atoms with Crippen LogP contribution in [0.3, 0.4) is 0 Å². The highest BCUT2D eigenvalue weighted by atomic mass is 79.9. The number of hydrogen-bond acceptors (Lipinski definition) is 6. The maximum absolute atomic E-state index is 9.79. The lowest BCUT2D eigenvalue weighted by Gasteiger charge is -2.39. The zero-order chi connectivity index (χ0) is 14.0. The second kappa shape index (κ2) is 6.17. The number of ether oxygens (including phenoxy) is 2. The van der Waals surface area contributed by atoms with Gasteiger partial charge in [-0.05, 0) is 24.3 Å². The molecular weight excluding hydrogens is 320 g/mol. The highest BCUT2D eigenvalue weighted by Crippen LogP contribution is 2.25. The molecule has 1 fully saturated rings. The average molecular weight is 335 g/mol. The molecule has 1 aromatic rings. The van der Waals surface area contributed by atoms with Gasteiger partial charge in [0, 0.05) is 4.47 Å². The van der Waals surface area contributed by atoms with Gasteiger partial charge in [-0.2, -0.15) is 0 Å². The Bertz CT molecular complexity index is 409. The minimum Gasteiger partial charge on any atom is -0.462 e.